The second kappa shape index (κ2) is 16.6. The maximum absolute atomic E-state index is 13.9. The minimum atomic E-state index is -0.880. The van der Waals surface area contributed by atoms with Gasteiger partial charge in [-0.2, -0.15) is 0 Å². The first kappa shape index (κ1) is 38.5. The highest BCUT2D eigenvalue weighted by molar-refractivity contribution is 7.13. The third-order valence-electron chi connectivity index (χ3n) is 8.44. The highest BCUT2D eigenvalue weighted by atomic mass is 32.1. The van der Waals surface area contributed by atoms with Crippen molar-refractivity contribution in [2.45, 2.75) is 111 Å². The van der Waals surface area contributed by atoms with Crippen molar-refractivity contribution in [3.05, 3.63) is 76.4 Å². The Morgan fingerprint density at radius 2 is 1.54 bits per heavy atom. The average molecular weight is 706 g/mol. The lowest BCUT2D eigenvalue weighted by atomic mass is 9.85. The van der Waals surface area contributed by atoms with Crippen LogP contribution in [0.1, 0.15) is 83.2 Å². The van der Waals surface area contributed by atoms with Gasteiger partial charge in [-0.25, -0.2) is 9.78 Å². The van der Waals surface area contributed by atoms with Crippen molar-refractivity contribution in [1.29, 1.82) is 0 Å². The number of carbonyl (C=O) groups excluding carboxylic acids is 4. The van der Waals surface area contributed by atoms with Crippen LogP contribution in [0, 0.1) is 12.3 Å². The molecular formula is C38H51N5O6S. The fourth-order valence-electron chi connectivity index (χ4n) is 5.78. The molecule has 1 saturated heterocycles. The topological polar surface area (TPSA) is 150 Å². The zero-order valence-electron chi connectivity index (χ0n) is 30.2. The van der Waals surface area contributed by atoms with Gasteiger partial charge in [-0.05, 0) is 68.2 Å². The van der Waals surface area contributed by atoms with E-state index in [9.17, 15) is 24.3 Å². The van der Waals surface area contributed by atoms with E-state index in [-0.39, 0.29) is 43.7 Å². The van der Waals surface area contributed by atoms with Crippen LogP contribution in [-0.4, -0.2) is 69.1 Å². The van der Waals surface area contributed by atoms with Crippen molar-refractivity contribution in [1.82, 2.24) is 25.8 Å². The monoisotopic (exact) mass is 705 g/mol. The number of hydrogen-bond acceptors (Lipinski definition) is 8. The lowest BCUT2D eigenvalue weighted by Crippen LogP contribution is -2.57. The van der Waals surface area contributed by atoms with Crippen molar-refractivity contribution in [3.8, 4) is 10.4 Å². The molecule has 50 heavy (non-hydrogen) atoms. The van der Waals surface area contributed by atoms with Gasteiger partial charge in [0.1, 0.15) is 17.7 Å². The number of aromatic nitrogens is 1. The van der Waals surface area contributed by atoms with Gasteiger partial charge in [0, 0.05) is 32.5 Å². The summed E-state index contributed by atoms with van der Waals surface area (Å²) in [6, 6.07) is 14.0. The fraction of sp³-hybridized carbons (Fsp3) is 0.500. The molecule has 0 radical (unpaired) electrons. The number of aryl methyl sites for hydroxylation is 2. The maximum Gasteiger partial charge on any atom is 0.407 e. The molecule has 1 aliphatic heterocycles. The molecular weight excluding hydrogens is 655 g/mol. The van der Waals surface area contributed by atoms with Gasteiger partial charge in [-0.1, -0.05) is 69.3 Å². The number of nitrogens with zero attached hydrogens (tertiary/aromatic N) is 2. The molecule has 1 aromatic heterocycles. The predicted octanol–water partition coefficient (Wildman–Crippen LogP) is 5.28. The van der Waals surface area contributed by atoms with Gasteiger partial charge < -0.3 is 30.7 Å². The summed E-state index contributed by atoms with van der Waals surface area (Å²) in [5, 5.41) is 19.1. The molecule has 12 heteroatoms. The highest BCUT2D eigenvalue weighted by Crippen LogP contribution is 2.28. The molecule has 0 saturated carbocycles. The minimum Gasteiger partial charge on any atom is -0.444 e. The predicted molar refractivity (Wildman–Crippen MR) is 194 cm³/mol. The quantitative estimate of drug-likeness (QED) is 0.201. The van der Waals surface area contributed by atoms with Crippen LogP contribution < -0.4 is 16.0 Å². The Balaban J connectivity index is 1.28. The summed E-state index contributed by atoms with van der Waals surface area (Å²) in [6.45, 7) is 13.7. The van der Waals surface area contributed by atoms with E-state index >= 15 is 0 Å². The van der Waals surface area contributed by atoms with E-state index in [1.54, 1.807) is 11.3 Å². The molecule has 1 aliphatic rings. The number of β-amino-alcohol motifs (C(OH)–C–C–N with tert-alkyl or cyclic N) is 1. The van der Waals surface area contributed by atoms with Crippen molar-refractivity contribution in [2.75, 3.05) is 6.54 Å². The van der Waals surface area contributed by atoms with Crippen molar-refractivity contribution in [3.63, 3.8) is 0 Å². The van der Waals surface area contributed by atoms with Crippen LogP contribution in [0.15, 0.2) is 54.0 Å². The lowest BCUT2D eigenvalue weighted by Gasteiger charge is -2.35. The van der Waals surface area contributed by atoms with Crippen molar-refractivity contribution >= 4 is 35.2 Å². The van der Waals surface area contributed by atoms with Crippen LogP contribution in [0.5, 0.6) is 0 Å². The third kappa shape index (κ3) is 11.1. The van der Waals surface area contributed by atoms with E-state index in [2.05, 4.69) is 20.9 Å². The van der Waals surface area contributed by atoms with E-state index < -0.39 is 35.3 Å². The van der Waals surface area contributed by atoms with Gasteiger partial charge in [0.15, 0.2) is 0 Å². The smallest absolute Gasteiger partial charge is 0.407 e. The summed E-state index contributed by atoms with van der Waals surface area (Å²) in [5.41, 5.74) is 5.54. The molecule has 3 aromatic rings. The SMILES string of the molecule is Cc1ncsc1-c1ccc(CNC(=O)[C@@H]2C[C@@H](O)CN2C(=O)[C@@H](NC(=O)CCCc2ccc(CNC(=O)OC(C)(C)C)cc2)C(C)(C)C)cc1. The summed E-state index contributed by atoms with van der Waals surface area (Å²) in [4.78, 5) is 59.1. The number of hydrogen-bond donors (Lipinski definition) is 4. The number of aliphatic hydroxyl groups is 1. The first-order chi connectivity index (χ1) is 23.5. The van der Waals surface area contributed by atoms with Crippen molar-refractivity contribution < 1.29 is 29.0 Å². The lowest BCUT2D eigenvalue weighted by molar-refractivity contribution is -0.144. The second-order valence-corrected chi connectivity index (χ2v) is 15.8. The van der Waals surface area contributed by atoms with E-state index in [1.165, 1.54) is 4.90 Å². The number of likely N-dealkylation sites (tertiary alicyclic amines) is 1. The molecule has 2 aromatic carbocycles. The largest absolute Gasteiger partial charge is 0.444 e. The summed E-state index contributed by atoms with van der Waals surface area (Å²) >= 11 is 1.58. The zero-order valence-corrected chi connectivity index (χ0v) is 31.0. The molecule has 1 fully saturated rings. The van der Waals surface area contributed by atoms with Crippen LogP contribution in [0.3, 0.4) is 0 Å². The van der Waals surface area contributed by atoms with E-state index in [0.717, 1.165) is 32.8 Å². The maximum atomic E-state index is 13.9. The first-order valence-electron chi connectivity index (χ1n) is 17.1. The number of rotatable bonds is 12. The molecule has 0 aliphatic carbocycles. The molecule has 270 valence electrons. The number of nitrogens with one attached hydrogen (secondary N) is 3. The summed E-state index contributed by atoms with van der Waals surface area (Å²) < 4.78 is 5.27. The molecule has 4 rings (SSSR count). The van der Waals surface area contributed by atoms with Gasteiger partial charge in [0.05, 0.1) is 22.2 Å². The first-order valence-corrected chi connectivity index (χ1v) is 18.0. The Morgan fingerprint density at radius 1 is 0.940 bits per heavy atom. The number of aliphatic hydroxyl groups excluding tert-OH is 1. The summed E-state index contributed by atoms with van der Waals surface area (Å²) in [6.07, 6.45) is 0.268. The van der Waals surface area contributed by atoms with Gasteiger partial charge >= 0.3 is 6.09 Å². The zero-order chi connectivity index (χ0) is 36.6. The molecule has 3 atom stereocenters. The number of alkyl carbamates (subject to hydrolysis) is 1. The third-order valence-corrected chi connectivity index (χ3v) is 9.42. The minimum absolute atomic E-state index is 0.0194. The molecule has 11 nitrogen and oxygen atoms in total. The van der Waals surface area contributed by atoms with Gasteiger partial charge in [0.25, 0.3) is 0 Å². The molecule has 4 amide bonds. The van der Waals surface area contributed by atoms with Crippen LogP contribution in [0.2, 0.25) is 0 Å². The van der Waals surface area contributed by atoms with E-state index in [4.69, 9.17) is 4.74 Å². The van der Waals surface area contributed by atoms with Crippen molar-refractivity contribution in [2.24, 2.45) is 5.41 Å². The fourth-order valence-corrected chi connectivity index (χ4v) is 6.59. The standard InChI is InChI=1S/C38H51N5O6S/c1-24-32(50-23-41-24)28-17-15-27(16-18-28)20-39-34(46)30-19-29(44)22-43(30)35(47)33(37(2,3)4)42-31(45)10-8-9-25-11-13-26(14-12-25)21-40-36(48)49-38(5,6)7/h11-18,23,29-30,33,44H,8-10,19-22H2,1-7H3,(H,39,46)(H,40,48)(H,42,45)/t29-,30+,33-/m1/s1. The number of amides is 4. The van der Waals surface area contributed by atoms with Crippen LogP contribution in [0.4, 0.5) is 4.79 Å². The average Bonchev–Trinajstić information content (AvgIpc) is 3.66. The molecule has 0 unspecified atom stereocenters. The van der Waals surface area contributed by atoms with E-state index in [1.807, 2.05) is 103 Å². The summed E-state index contributed by atoms with van der Waals surface area (Å²) in [5.74, 6) is -0.987. The molecule has 0 bridgehead atoms. The van der Waals surface area contributed by atoms with Gasteiger partial charge in [-0.3, -0.25) is 14.4 Å². The van der Waals surface area contributed by atoms with Crippen LogP contribution >= 0.6 is 11.3 Å². The Labute approximate surface area is 299 Å². The van der Waals surface area contributed by atoms with Crippen LogP contribution in [0.25, 0.3) is 10.4 Å². The number of ether oxygens (including phenoxy) is 1. The number of benzene rings is 2. The molecule has 4 N–H and O–H groups in total. The normalized spacial score (nSPS) is 16.8. The van der Waals surface area contributed by atoms with Gasteiger partial charge in [0.2, 0.25) is 17.7 Å². The van der Waals surface area contributed by atoms with Gasteiger partial charge in [-0.15, -0.1) is 11.3 Å². The Morgan fingerprint density at radius 3 is 2.12 bits per heavy atom. The second-order valence-electron chi connectivity index (χ2n) is 15.0. The number of carbonyl (C=O) groups is 4. The molecule has 0 spiro atoms. The van der Waals surface area contributed by atoms with Crippen LogP contribution in [-0.2, 0) is 38.6 Å². The Hall–Kier alpha value is -4.29. The Bertz CT molecular complexity index is 1620. The van der Waals surface area contributed by atoms with E-state index in [0.29, 0.717) is 19.4 Å². The highest BCUT2D eigenvalue weighted by Gasteiger charge is 2.44. The summed E-state index contributed by atoms with van der Waals surface area (Å²) in [7, 11) is 0. The number of thiazole rings is 1. The molecule has 2 heterocycles. The Kier molecular flexibility index (Phi) is 12.8.